The zero-order valence-electron chi connectivity index (χ0n) is 12.2. The van der Waals surface area contributed by atoms with Gasteiger partial charge in [0.25, 0.3) is 0 Å². The molecule has 22 heavy (non-hydrogen) atoms. The number of nitrogens with zero attached hydrogens (tertiary/aromatic N) is 1. The summed E-state index contributed by atoms with van der Waals surface area (Å²) in [5.74, 6) is -1.18. The van der Waals surface area contributed by atoms with E-state index in [1.165, 1.54) is 4.90 Å². The van der Waals surface area contributed by atoms with Gasteiger partial charge in [0, 0.05) is 30.8 Å². The highest BCUT2D eigenvalue weighted by Crippen LogP contribution is 2.25. The molecule has 3 rings (SSSR count). The Hall–Kier alpha value is -2.37. The molecular weight excluding hydrogens is 284 g/mol. The molecule has 1 heterocycles. The molecule has 1 atom stereocenters. The van der Waals surface area contributed by atoms with Gasteiger partial charge in [-0.1, -0.05) is 0 Å². The van der Waals surface area contributed by atoms with Gasteiger partial charge < -0.3 is 15.3 Å². The lowest BCUT2D eigenvalue weighted by Gasteiger charge is -2.19. The number of amides is 2. The number of carboxylic acid groups (broad SMARTS) is 1. The number of aliphatic carboxylic acids is 1. The van der Waals surface area contributed by atoms with Gasteiger partial charge in [-0.2, -0.15) is 0 Å². The summed E-state index contributed by atoms with van der Waals surface area (Å²) >= 11 is 0. The monoisotopic (exact) mass is 302 g/mol. The molecule has 1 saturated heterocycles. The first kappa shape index (κ1) is 14.6. The zero-order chi connectivity index (χ0) is 15.7. The van der Waals surface area contributed by atoms with E-state index in [-0.39, 0.29) is 18.4 Å². The standard InChI is InChI=1S/C16H18N2O4/c19-14-3-1-2-10-8-12(4-5-13(10)14)17-16(22)18-7-6-11(9-18)15(20)21/h4-5,8,11H,1-3,6-7,9H2,(H,17,22)(H,20,21). The number of rotatable bonds is 2. The van der Waals surface area contributed by atoms with E-state index in [9.17, 15) is 14.4 Å². The Bertz CT molecular complexity index is 641. The fourth-order valence-electron chi connectivity index (χ4n) is 3.07. The predicted octanol–water partition coefficient (Wildman–Crippen LogP) is 2.14. The maximum Gasteiger partial charge on any atom is 0.321 e. The number of Topliss-reactive ketones (excluding diaryl/α,β-unsaturated/α-hetero) is 1. The van der Waals surface area contributed by atoms with E-state index in [1.807, 2.05) is 6.07 Å². The van der Waals surface area contributed by atoms with Gasteiger partial charge >= 0.3 is 12.0 Å². The Labute approximate surface area is 128 Å². The Balaban J connectivity index is 1.67. The van der Waals surface area contributed by atoms with Gasteiger partial charge in [0.05, 0.1) is 5.92 Å². The highest BCUT2D eigenvalue weighted by atomic mass is 16.4. The molecule has 1 unspecified atom stereocenters. The summed E-state index contributed by atoms with van der Waals surface area (Å²) < 4.78 is 0. The number of hydrogen-bond acceptors (Lipinski definition) is 3. The van der Waals surface area contributed by atoms with E-state index in [2.05, 4.69) is 5.32 Å². The molecule has 2 N–H and O–H groups in total. The number of urea groups is 1. The van der Waals surface area contributed by atoms with Gasteiger partial charge in [-0.3, -0.25) is 9.59 Å². The lowest BCUT2D eigenvalue weighted by atomic mass is 9.90. The lowest BCUT2D eigenvalue weighted by molar-refractivity contribution is -0.141. The Morgan fingerprint density at radius 3 is 2.82 bits per heavy atom. The maximum atomic E-state index is 12.2. The van der Waals surface area contributed by atoms with E-state index >= 15 is 0 Å². The van der Waals surface area contributed by atoms with Crippen LogP contribution < -0.4 is 5.32 Å². The highest BCUT2D eigenvalue weighted by molar-refractivity contribution is 5.99. The van der Waals surface area contributed by atoms with Crippen LogP contribution in [-0.2, 0) is 11.2 Å². The largest absolute Gasteiger partial charge is 0.481 e. The van der Waals surface area contributed by atoms with Gasteiger partial charge in [0.2, 0.25) is 0 Å². The summed E-state index contributed by atoms with van der Waals surface area (Å²) in [5.41, 5.74) is 2.37. The minimum Gasteiger partial charge on any atom is -0.481 e. The van der Waals surface area contributed by atoms with Crippen molar-refractivity contribution in [1.29, 1.82) is 0 Å². The molecular formula is C16H18N2O4. The fourth-order valence-corrected chi connectivity index (χ4v) is 3.07. The van der Waals surface area contributed by atoms with Crippen LogP contribution >= 0.6 is 0 Å². The van der Waals surface area contributed by atoms with Crippen LogP contribution in [0.4, 0.5) is 10.5 Å². The van der Waals surface area contributed by atoms with Crippen molar-refractivity contribution in [3.8, 4) is 0 Å². The Kier molecular flexibility index (Phi) is 3.83. The molecule has 0 bridgehead atoms. The second-order valence-corrected chi connectivity index (χ2v) is 5.85. The molecule has 1 aliphatic heterocycles. The average Bonchev–Trinajstić information content (AvgIpc) is 2.97. The predicted molar refractivity (Wildman–Crippen MR) is 80.0 cm³/mol. The molecule has 6 nitrogen and oxygen atoms in total. The van der Waals surface area contributed by atoms with Crippen molar-refractivity contribution in [2.75, 3.05) is 18.4 Å². The number of fused-ring (bicyclic) bond motifs is 1. The highest BCUT2D eigenvalue weighted by Gasteiger charge is 2.31. The van der Waals surface area contributed by atoms with Crippen molar-refractivity contribution in [3.05, 3.63) is 29.3 Å². The fraction of sp³-hybridized carbons (Fsp3) is 0.438. The van der Waals surface area contributed by atoms with Crippen LogP contribution in [0.3, 0.4) is 0 Å². The van der Waals surface area contributed by atoms with Crippen LogP contribution in [0, 0.1) is 5.92 Å². The molecule has 116 valence electrons. The molecule has 2 aliphatic rings. The second kappa shape index (κ2) is 5.79. The summed E-state index contributed by atoms with van der Waals surface area (Å²) in [4.78, 5) is 36.4. The normalized spacial score (nSPS) is 20.6. The first-order valence-corrected chi connectivity index (χ1v) is 7.49. The topological polar surface area (TPSA) is 86.7 Å². The first-order chi connectivity index (χ1) is 10.5. The number of hydrogen-bond donors (Lipinski definition) is 2. The van der Waals surface area contributed by atoms with Gasteiger partial charge in [0.1, 0.15) is 0 Å². The molecule has 1 fully saturated rings. The third kappa shape index (κ3) is 2.81. The molecule has 0 radical (unpaired) electrons. The zero-order valence-corrected chi connectivity index (χ0v) is 12.2. The summed E-state index contributed by atoms with van der Waals surface area (Å²) in [7, 11) is 0. The van der Waals surface area contributed by atoms with Crippen LogP contribution in [-0.4, -0.2) is 40.9 Å². The maximum absolute atomic E-state index is 12.2. The number of benzene rings is 1. The van der Waals surface area contributed by atoms with Gasteiger partial charge in [-0.15, -0.1) is 0 Å². The van der Waals surface area contributed by atoms with E-state index in [1.54, 1.807) is 12.1 Å². The third-order valence-electron chi connectivity index (χ3n) is 4.33. The van der Waals surface area contributed by atoms with Crippen LogP contribution in [0.25, 0.3) is 0 Å². The summed E-state index contributed by atoms with van der Waals surface area (Å²) in [6.07, 6.45) is 2.76. The number of aryl methyl sites for hydroxylation is 1. The Morgan fingerprint density at radius 1 is 1.27 bits per heavy atom. The number of carbonyl (C=O) groups excluding carboxylic acids is 2. The quantitative estimate of drug-likeness (QED) is 0.876. The molecule has 6 heteroatoms. The van der Waals surface area contributed by atoms with E-state index in [0.29, 0.717) is 25.1 Å². The number of nitrogens with one attached hydrogen (secondary N) is 1. The van der Waals surface area contributed by atoms with Crippen LogP contribution in [0.1, 0.15) is 35.2 Å². The molecule has 1 aromatic rings. The second-order valence-electron chi connectivity index (χ2n) is 5.85. The summed E-state index contributed by atoms with van der Waals surface area (Å²) in [6.45, 7) is 0.691. The number of ketones is 1. The smallest absolute Gasteiger partial charge is 0.321 e. The van der Waals surface area contributed by atoms with Crippen LogP contribution in [0.5, 0.6) is 0 Å². The molecule has 0 saturated carbocycles. The Morgan fingerprint density at radius 2 is 2.09 bits per heavy atom. The van der Waals surface area contributed by atoms with Gasteiger partial charge in [-0.05, 0) is 43.0 Å². The van der Waals surface area contributed by atoms with Crippen molar-refractivity contribution in [2.45, 2.75) is 25.7 Å². The van der Waals surface area contributed by atoms with Gasteiger partial charge in [0.15, 0.2) is 5.78 Å². The minimum absolute atomic E-state index is 0.156. The number of carboxylic acids is 1. The number of likely N-dealkylation sites (tertiary alicyclic amines) is 1. The van der Waals surface area contributed by atoms with Crippen LogP contribution in [0.15, 0.2) is 18.2 Å². The number of carbonyl (C=O) groups is 3. The van der Waals surface area contributed by atoms with Crippen molar-refractivity contribution < 1.29 is 19.5 Å². The van der Waals surface area contributed by atoms with Crippen molar-refractivity contribution in [3.63, 3.8) is 0 Å². The lowest BCUT2D eigenvalue weighted by Crippen LogP contribution is -2.33. The minimum atomic E-state index is -0.859. The van der Waals surface area contributed by atoms with Crippen molar-refractivity contribution in [2.24, 2.45) is 5.92 Å². The first-order valence-electron chi connectivity index (χ1n) is 7.49. The van der Waals surface area contributed by atoms with E-state index in [4.69, 9.17) is 5.11 Å². The average molecular weight is 302 g/mol. The van der Waals surface area contributed by atoms with Crippen molar-refractivity contribution in [1.82, 2.24) is 4.90 Å². The van der Waals surface area contributed by atoms with Gasteiger partial charge in [-0.25, -0.2) is 4.79 Å². The van der Waals surface area contributed by atoms with Crippen LogP contribution in [0.2, 0.25) is 0 Å². The molecule has 1 aliphatic carbocycles. The summed E-state index contributed by atoms with van der Waals surface area (Å²) in [6, 6.07) is 5.04. The molecule has 0 spiro atoms. The summed E-state index contributed by atoms with van der Waals surface area (Å²) in [5, 5.41) is 11.8. The molecule has 0 aromatic heterocycles. The van der Waals surface area contributed by atoms with Crippen molar-refractivity contribution >= 4 is 23.5 Å². The molecule has 2 amide bonds. The molecule has 1 aromatic carbocycles. The SMILES string of the molecule is O=C1CCCc2cc(NC(=O)N3CCC(C(=O)O)C3)ccc21. The number of anilines is 1. The third-order valence-corrected chi connectivity index (χ3v) is 4.33. The van der Waals surface area contributed by atoms with E-state index in [0.717, 1.165) is 24.0 Å². The van der Waals surface area contributed by atoms with E-state index < -0.39 is 11.9 Å².